The quantitative estimate of drug-likeness (QED) is 0.756. The van der Waals surface area contributed by atoms with Crippen LogP contribution in [0.5, 0.6) is 0 Å². The highest BCUT2D eigenvalue weighted by atomic mass is 15.0. The molecule has 0 aliphatic heterocycles. The molecular weight excluding hydrogens is 250 g/mol. The average Bonchev–Trinajstić information content (AvgIpc) is 2.49. The SMILES string of the molecule is Nc1cncnc1NCCc1cccc2cccnc12. The zero-order chi connectivity index (χ0) is 13.8. The van der Waals surface area contributed by atoms with Gasteiger partial charge in [-0.2, -0.15) is 0 Å². The molecule has 0 bridgehead atoms. The Hall–Kier alpha value is -2.69. The predicted octanol–water partition coefficient (Wildman–Crippen LogP) is 2.26. The number of nitrogens with one attached hydrogen (secondary N) is 1. The highest BCUT2D eigenvalue weighted by Gasteiger charge is 2.03. The van der Waals surface area contributed by atoms with Crippen LogP contribution in [0.15, 0.2) is 49.1 Å². The number of nitrogens with two attached hydrogens (primary N) is 1. The molecule has 0 fully saturated rings. The summed E-state index contributed by atoms with van der Waals surface area (Å²) in [6.45, 7) is 0.747. The van der Waals surface area contributed by atoms with Gasteiger partial charge < -0.3 is 11.1 Å². The molecule has 0 spiro atoms. The molecule has 0 saturated heterocycles. The van der Waals surface area contributed by atoms with E-state index in [0.717, 1.165) is 23.9 Å². The zero-order valence-corrected chi connectivity index (χ0v) is 11.0. The first-order chi connectivity index (χ1) is 9.84. The summed E-state index contributed by atoms with van der Waals surface area (Å²) in [4.78, 5) is 12.4. The van der Waals surface area contributed by atoms with E-state index in [0.29, 0.717) is 11.5 Å². The summed E-state index contributed by atoms with van der Waals surface area (Å²) in [5.41, 5.74) is 8.61. The highest BCUT2D eigenvalue weighted by molar-refractivity contribution is 5.81. The molecule has 20 heavy (non-hydrogen) atoms. The van der Waals surface area contributed by atoms with Crippen molar-refractivity contribution in [2.24, 2.45) is 0 Å². The van der Waals surface area contributed by atoms with Gasteiger partial charge in [0, 0.05) is 18.1 Å². The molecule has 0 radical (unpaired) electrons. The second-order valence-corrected chi connectivity index (χ2v) is 4.50. The highest BCUT2D eigenvalue weighted by Crippen LogP contribution is 2.17. The first-order valence-corrected chi connectivity index (χ1v) is 6.46. The fourth-order valence-electron chi connectivity index (χ4n) is 2.17. The van der Waals surface area contributed by atoms with Gasteiger partial charge in [0.05, 0.1) is 17.4 Å². The van der Waals surface area contributed by atoms with Crippen molar-refractivity contribution < 1.29 is 0 Å². The zero-order valence-electron chi connectivity index (χ0n) is 11.0. The van der Waals surface area contributed by atoms with Gasteiger partial charge in [-0.05, 0) is 18.1 Å². The number of rotatable bonds is 4. The van der Waals surface area contributed by atoms with Crippen LogP contribution < -0.4 is 11.1 Å². The molecule has 100 valence electrons. The second-order valence-electron chi connectivity index (χ2n) is 4.50. The smallest absolute Gasteiger partial charge is 0.152 e. The molecule has 5 heteroatoms. The molecule has 3 rings (SSSR count). The largest absolute Gasteiger partial charge is 0.394 e. The number of hydrogen-bond acceptors (Lipinski definition) is 5. The Labute approximate surface area is 116 Å². The van der Waals surface area contributed by atoms with Crippen molar-refractivity contribution >= 4 is 22.4 Å². The minimum absolute atomic E-state index is 0.559. The van der Waals surface area contributed by atoms with Gasteiger partial charge in [-0.15, -0.1) is 0 Å². The molecule has 2 heterocycles. The van der Waals surface area contributed by atoms with Crippen molar-refractivity contribution in [3.63, 3.8) is 0 Å². The minimum Gasteiger partial charge on any atom is -0.394 e. The summed E-state index contributed by atoms with van der Waals surface area (Å²) in [5.74, 6) is 0.674. The Morgan fingerprint density at radius 3 is 2.90 bits per heavy atom. The number of nitrogen functional groups attached to an aromatic ring is 1. The number of aromatic nitrogens is 3. The van der Waals surface area contributed by atoms with Crippen LogP contribution in [-0.2, 0) is 6.42 Å². The van der Waals surface area contributed by atoms with Crippen LogP contribution in [-0.4, -0.2) is 21.5 Å². The summed E-state index contributed by atoms with van der Waals surface area (Å²) in [5, 5.41) is 4.38. The molecule has 0 aliphatic carbocycles. The van der Waals surface area contributed by atoms with E-state index in [-0.39, 0.29) is 0 Å². The van der Waals surface area contributed by atoms with Gasteiger partial charge in [-0.3, -0.25) is 4.98 Å². The first kappa shape index (κ1) is 12.3. The average molecular weight is 265 g/mol. The lowest BCUT2D eigenvalue weighted by molar-refractivity contribution is 1.00. The Bertz CT molecular complexity index is 721. The van der Waals surface area contributed by atoms with Crippen molar-refractivity contribution in [2.75, 3.05) is 17.6 Å². The van der Waals surface area contributed by atoms with E-state index in [2.05, 4.69) is 44.5 Å². The number of benzene rings is 1. The summed E-state index contributed by atoms with van der Waals surface area (Å²) < 4.78 is 0. The molecule has 5 nitrogen and oxygen atoms in total. The third-order valence-electron chi connectivity index (χ3n) is 3.14. The summed E-state index contributed by atoms with van der Waals surface area (Å²) in [6.07, 6.45) is 5.76. The first-order valence-electron chi connectivity index (χ1n) is 6.46. The Balaban J connectivity index is 1.73. The maximum absolute atomic E-state index is 5.79. The molecule has 3 aromatic rings. The van der Waals surface area contributed by atoms with Crippen LogP contribution in [0, 0.1) is 0 Å². The maximum atomic E-state index is 5.79. The number of pyridine rings is 1. The molecule has 3 N–H and O–H groups in total. The number of hydrogen-bond donors (Lipinski definition) is 2. The van der Waals surface area contributed by atoms with Crippen LogP contribution >= 0.6 is 0 Å². The molecule has 0 atom stereocenters. The van der Waals surface area contributed by atoms with Gasteiger partial charge >= 0.3 is 0 Å². The standard InChI is InChI=1S/C15H15N5/c16-13-9-17-10-20-15(13)19-8-6-12-4-1-3-11-5-2-7-18-14(11)12/h1-5,7,9-10H,6,8,16H2,(H,17,19,20). The van der Waals surface area contributed by atoms with Crippen molar-refractivity contribution in [1.82, 2.24) is 15.0 Å². The number of anilines is 2. The second kappa shape index (κ2) is 5.52. The van der Waals surface area contributed by atoms with Gasteiger partial charge in [-0.1, -0.05) is 24.3 Å². The number of fused-ring (bicyclic) bond motifs is 1. The van der Waals surface area contributed by atoms with E-state index >= 15 is 0 Å². The van der Waals surface area contributed by atoms with Crippen molar-refractivity contribution in [2.45, 2.75) is 6.42 Å². The van der Waals surface area contributed by atoms with Crippen molar-refractivity contribution in [3.05, 3.63) is 54.6 Å². The Kier molecular flexibility index (Phi) is 3.41. The predicted molar refractivity (Wildman–Crippen MR) is 80.4 cm³/mol. The molecular formula is C15H15N5. The normalized spacial score (nSPS) is 10.6. The van der Waals surface area contributed by atoms with Crippen LogP contribution in [0.25, 0.3) is 10.9 Å². The van der Waals surface area contributed by atoms with Gasteiger partial charge in [0.2, 0.25) is 0 Å². The molecule has 1 aromatic carbocycles. The van der Waals surface area contributed by atoms with Gasteiger partial charge in [-0.25, -0.2) is 9.97 Å². The van der Waals surface area contributed by atoms with Crippen LogP contribution in [0.4, 0.5) is 11.5 Å². The number of nitrogens with zero attached hydrogens (tertiary/aromatic N) is 3. The summed E-state index contributed by atoms with van der Waals surface area (Å²) >= 11 is 0. The summed E-state index contributed by atoms with van der Waals surface area (Å²) in [7, 11) is 0. The third kappa shape index (κ3) is 2.51. The van der Waals surface area contributed by atoms with E-state index in [1.54, 1.807) is 6.20 Å². The van der Waals surface area contributed by atoms with Crippen LogP contribution in [0.3, 0.4) is 0 Å². The fraction of sp³-hybridized carbons (Fsp3) is 0.133. The maximum Gasteiger partial charge on any atom is 0.152 e. The lowest BCUT2D eigenvalue weighted by Crippen LogP contribution is -2.09. The van der Waals surface area contributed by atoms with E-state index in [1.807, 2.05) is 12.3 Å². The van der Waals surface area contributed by atoms with Gasteiger partial charge in [0.25, 0.3) is 0 Å². The molecule has 0 amide bonds. The van der Waals surface area contributed by atoms with E-state index in [4.69, 9.17) is 5.73 Å². The van der Waals surface area contributed by atoms with Crippen molar-refractivity contribution in [1.29, 1.82) is 0 Å². The van der Waals surface area contributed by atoms with Gasteiger partial charge in [0.1, 0.15) is 6.33 Å². The van der Waals surface area contributed by atoms with E-state index < -0.39 is 0 Å². The monoisotopic (exact) mass is 265 g/mol. The molecule has 0 saturated carbocycles. The fourth-order valence-corrected chi connectivity index (χ4v) is 2.17. The van der Waals surface area contributed by atoms with Crippen LogP contribution in [0.2, 0.25) is 0 Å². The van der Waals surface area contributed by atoms with Crippen LogP contribution in [0.1, 0.15) is 5.56 Å². The molecule has 2 aromatic heterocycles. The Morgan fingerprint density at radius 2 is 2.00 bits per heavy atom. The van der Waals surface area contributed by atoms with Crippen molar-refractivity contribution in [3.8, 4) is 0 Å². The lowest BCUT2D eigenvalue weighted by Gasteiger charge is -2.08. The number of para-hydroxylation sites is 1. The Morgan fingerprint density at radius 1 is 1.10 bits per heavy atom. The van der Waals surface area contributed by atoms with E-state index in [9.17, 15) is 0 Å². The topological polar surface area (TPSA) is 76.7 Å². The van der Waals surface area contributed by atoms with E-state index in [1.165, 1.54) is 11.9 Å². The lowest BCUT2D eigenvalue weighted by atomic mass is 10.1. The van der Waals surface area contributed by atoms with Gasteiger partial charge in [0.15, 0.2) is 5.82 Å². The molecule has 0 aliphatic rings. The third-order valence-corrected chi connectivity index (χ3v) is 3.14. The molecule has 0 unspecified atom stereocenters. The summed E-state index contributed by atoms with van der Waals surface area (Å²) in [6, 6.07) is 10.2. The minimum atomic E-state index is 0.559.